The maximum Gasteiger partial charge on any atom is 0.242 e. The van der Waals surface area contributed by atoms with Crippen molar-refractivity contribution >= 4 is 47.2 Å². The number of aliphatic imine (C=N–C) groups is 1. The molecule has 2 aromatic rings. The minimum absolute atomic E-state index is 0. The minimum Gasteiger partial charge on any atom is -0.490 e. The van der Waals surface area contributed by atoms with Crippen LogP contribution in [0, 0.1) is 6.92 Å². The molecular weight excluding hydrogens is 535 g/mol. The third kappa shape index (κ3) is 6.37. The SMILES string of the molecule is CN=C(NCC(=O)N1CCc2sccc2C1)NCc1ccc(C)cc1OC1CCCC1.I. The number of benzene rings is 1. The number of nitrogens with one attached hydrogen (secondary N) is 2. The normalized spacial score (nSPS) is 16.3. The molecule has 2 heterocycles. The Balaban J connectivity index is 0.00000289. The first-order valence-corrected chi connectivity index (χ1v) is 12.0. The van der Waals surface area contributed by atoms with Crippen LogP contribution in [0.5, 0.6) is 5.75 Å². The molecule has 1 aliphatic heterocycles. The zero-order valence-electron chi connectivity index (χ0n) is 18.9. The molecular formula is C24H33IN4O2S. The summed E-state index contributed by atoms with van der Waals surface area (Å²) in [6.45, 7) is 4.41. The zero-order valence-corrected chi connectivity index (χ0v) is 22.0. The summed E-state index contributed by atoms with van der Waals surface area (Å²) >= 11 is 1.78. The molecule has 1 amide bonds. The van der Waals surface area contributed by atoms with Gasteiger partial charge < -0.3 is 20.3 Å². The largest absolute Gasteiger partial charge is 0.490 e. The summed E-state index contributed by atoms with van der Waals surface area (Å²) in [7, 11) is 1.73. The number of rotatable bonds is 6. The molecule has 1 aromatic heterocycles. The van der Waals surface area contributed by atoms with Gasteiger partial charge in [0.25, 0.3) is 0 Å². The van der Waals surface area contributed by atoms with Crippen LogP contribution in [0.3, 0.4) is 0 Å². The van der Waals surface area contributed by atoms with Crippen LogP contribution in [-0.4, -0.2) is 43.0 Å². The predicted molar refractivity (Wildman–Crippen MR) is 141 cm³/mol. The fraction of sp³-hybridized carbons (Fsp3) is 0.500. The van der Waals surface area contributed by atoms with Gasteiger partial charge in [-0.3, -0.25) is 9.79 Å². The molecule has 0 unspecified atom stereocenters. The lowest BCUT2D eigenvalue weighted by atomic mass is 10.1. The van der Waals surface area contributed by atoms with E-state index in [2.05, 4.69) is 52.2 Å². The number of carbonyl (C=O) groups is 1. The Labute approximate surface area is 211 Å². The summed E-state index contributed by atoms with van der Waals surface area (Å²) in [6.07, 6.45) is 6.04. The van der Waals surface area contributed by atoms with Gasteiger partial charge in [0.1, 0.15) is 5.75 Å². The number of carbonyl (C=O) groups excluding carboxylic acids is 1. The van der Waals surface area contributed by atoms with Crippen LogP contribution >= 0.6 is 35.3 Å². The van der Waals surface area contributed by atoms with Crippen LogP contribution in [0.4, 0.5) is 0 Å². The van der Waals surface area contributed by atoms with Crippen molar-refractivity contribution in [3.63, 3.8) is 0 Å². The van der Waals surface area contributed by atoms with Gasteiger partial charge in [-0.15, -0.1) is 35.3 Å². The van der Waals surface area contributed by atoms with E-state index in [1.165, 1.54) is 28.8 Å². The molecule has 4 rings (SSSR count). The van der Waals surface area contributed by atoms with E-state index in [9.17, 15) is 4.79 Å². The van der Waals surface area contributed by atoms with Gasteiger partial charge in [0.05, 0.1) is 12.6 Å². The van der Waals surface area contributed by atoms with Gasteiger partial charge in [-0.1, -0.05) is 12.1 Å². The molecule has 8 heteroatoms. The number of guanidine groups is 1. The maximum absolute atomic E-state index is 12.7. The Kier molecular flexibility index (Phi) is 9.22. The third-order valence-corrected chi connectivity index (χ3v) is 7.08. The average Bonchev–Trinajstić information content (AvgIpc) is 3.46. The Morgan fingerprint density at radius 3 is 2.84 bits per heavy atom. The van der Waals surface area contributed by atoms with Crippen LogP contribution < -0.4 is 15.4 Å². The van der Waals surface area contributed by atoms with Gasteiger partial charge in [-0.2, -0.15) is 0 Å². The Hall–Kier alpha value is -1.81. The lowest BCUT2D eigenvalue weighted by Crippen LogP contribution is -2.45. The molecule has 174 valence electrons. The number of aryl methyl sites for hydroxylation is 1. The lowest BCUT2D eigenvalue weighted by molar-refractivity contribution is -0.130. The monoisotopic (exact) mass is 568 g/mol. The first kappa shape index (κ1) is 24.8. The number of amides is 1. The van der Waals surface area contributed by atoms with Crippen molar-refractivity contribution in [2.24, 2.45) is 4.99 Å². The standard InChI is InChI=1S/C24H32N4O2S.HI/c1-17-7-8-18(21(13-17)30-20-5-3-4-6-20)14-26-24(25-2)27-15-23(29)28-11-9-22-19(16-28)10-12-31-22;/h7-8,10,12-13,20H,3-6,9,11,14-16H2,1-2H3,(H2,25,26,27);1H. The molecule has 1 fully saturated rings. The Bertz CT molecular complexity index is 940. The maximum atomic E-state index is 12.7. The number of fused-ring (bicyclic) bond motifs is 1. The van der Waals surface area contributed by atoms with Gasteiger partial charge in [0.2, 0.25) is 5.91 Å². The number of thiophene rings is 1. The van der Waals surface area contributed by atoms with Gasteiger partial charge in [-0.05, 0) is 67.7 Å². The van der Waals surface area contributed by atoms with E-state index in [4.69, 9.17) is 4.74 Å². The summed E-state index contributed by atoms with van der Waals surface area (Å²) in [5.74, 6) is 1.67. The second-order valence-electron chi connectivity index (χ2n) is 8.35. The van der Waals surface area contributed by atoms with Crippen LogP contribution in [-0.2, 0) is 24.3 Å². The molecule has 2 N–H and O–H groups in total. The second-order valence-corrected chi connectivity index (χ2v) is 9.35. The summed E-state index contributed by atoms with van der Waals surface area (Å²) in [5.41, 5.74) is 3.58. The number of ether oxygens (including phenoxy) is 1. The topological polar surface area (TPSA) is 66.0 Å². The van der Waals surface area contributed by atoms with E-state index in [1.54, 1.807) is 18.4 Å². The number of hydrogen-bond acceptors (Lipinski definition) is 4. The Morgan fingerprint density at radius 1 is 1.25 bits per heavy atom. The minimum atomic E-state index is 0. The number of hydrogen-bond donors (Lipinski definition) is 2. The molecule has 0 atom stereocenters. The molecule has 32 heavy (non-hydrogen) atoms. The van der Waals surface area contributed by atoms with Gasteiger partial charge in [0, 0.05) is 37.1 Å². The van der Waals surface area contributed by atoms with E-state index >= 15 is 0 Å². The van der Waals surface area contributed by atoms with E-state index < -0.39 is 0 Å². The number of nitrogens with zero attached hydrogens (tertiary/aromatic N) is 2. The van der Waals surface area contributed by atoms with Gasteiger partial charge in [-0.25, -0.2) is 0 Å². The summed E-state index contributed by atoms with van der Waals surface area (Å²) in [4.78, 5) is 20.3. The first-order valence-electron chi connectivity index (χ1n) is 11.2. The van der Waals surface area contributed by atoms with E-state index in [0.717, 1.165) is 37.1 Å². The van der Waals surface area contributed by atoms with Crippen LogP contribution in [0.15, 0.2) is 34.6 Å². The fourth-order valence-corrected chi connectivity index (χ4v) is 5.13. The van der Waals surface area contributed by atoms with Crippen LogP contribution in [0.1, 0.15) is 47.3 Å². The van der Waals surface area contributed by atoms with Crippen molar-refractivity contribution < 1.29 is 9.53 Å². The van der Waals surface area contributed by atoms with Crippen molar-refractivity contribution in [3.05, 3.63) is 51.2 Å². The van der Waals surface area contributed by atoms with E-state index in [1.807, 2.05) is 4.90 Å². The highest BCUT2D eigenvalue weighted by Gasteiger charge is 2.21. The highest BCUT2D eigenvalue weighted by molar-refractivity contribution is 14.0. The third-order valence-electron chi connectivity index (χ3n) is 6.06. The van der Waals surface area contributed by atoms with Crippen LogP contribution in [0.25, 0.3) is 0 Å². The van der Waals surface area contributed by atoms with Crippen molar-refractivity contribution in [2.45, 2.75) is 58.2 Å². The molecule has 0 radical (unpaired) electrons. The van der Waals surface area contributed by atoms with Gasteiger partial charge in [0.15, 0.2) is 5.96 Å². The van der Waals surface area contributed by atoms with Crippen molar-refractivity contribution in [1.82, 2.24) is 15.5 Å². The van der Waals surface area contributed by atoms with Crippen molar-refractivity contribution in [3.8, 4) is 5.75 Å². The molecule has 1 aliphatic carbocycles. The van der Waals surface area contributed by atoms with Crippen molar-refractivity contribution in [2.75, 3.05) is 20.1 Å². The number of halogens is 1. The summed E-state index contributed by atoms with van der Waals surface area (Å²) < 4.78 is 6.29. The molecule has 0 spiro atoms. The van der Waals surface area contributed by atoms with Gasteiger partial charge >= 0.3 is 0 Å². The highest BCUT2D eigenvalue weighted by Crippen LogP contribution is 2.28. The Morgan fingerprint density at radius 2 is 2.06 bits per heavy atom. The van der Waals surface area contributed by atoms with Crippen molar-refractivity contribution in [1.29, 1.82) is 0 Å². The first-order chi connectivity index (χ1) is 15.1. The zero-order chi connectivity index (χ0) is 21.6. The molecule has 1 saturated carbocycles. The molecule has 1 aromatic carbocycles. The quantitative estimate of drug-likeness (QED) is 0.311. The second kappa shape index (κ2) is 11.9. The molecule has 0 bridgehead atoms. The highest BCUT2D eigenvalue weighted by atomic mass is 127. The average molecular weight is 569 g/mol. The molecule has 0 saturated heterocycles. The van der Waals surface area contributed by atoms with E-state index in [-0.39, 0.29) is 36.4 Å². The predicted octanol–water partition coefficient (Wildman–Crippen LogP) is 4.25. The lowest BCUT2D eigenvalue weighted by Gasteiger charge is -2.27. The summed E-state index contributed by atoms with van der Waals surface area (Å²) in [5, 5.41) is 8.61. The van der Waals surface area contributed by atoms with Crippen LogP contribution in [0.2, 0.25) is 0 Å². The molecule has 2 aliphatic rings. The smallest absolute Gasteiger partial charge is 0.242 e. The molecule has 6 nitrogen and oxygen atoms in total. The summed E-state index contributed by atoms with van der Waals surface area (Å²) in [6, 6.07) is 8.45. The fourth-order valence-electron chi connectivity index (χ4n) is 4.24. The van der Waals surface area contributed by atoms with E-state index in [0.29, 0.717) is 25.2 Å².